The fourth-order valence-electron chi connectivity index (χ4n) is 9.21. The number of ether oxygens (including phenoxy) is 2. The molecular formula is C73H120O28. The van der Waals surface area contributed by atoms with Gasteiger partial charge in [0, 0.05) is 57.8 Å². The summed E-state index contributed by atoms with van der Waals surface area (Å²) in [5.74, 6) is -3.66. The molecule has 0 amide bonds. The first-order chi connectivity index (χ1) is 49.2. The Bertz CT molecular complexity index is 2300. The van der Waals surface area contributed by atoms with Gasteiger partial charge in [-0.2, -0.15) is 39.1 Å². The molecule has 0 fully saturated rings. The molecule has 0 bridgehead atoms. The lowest BCUT2D eigenvalue weighted by Gasteiger charge is -2.14. The molecule has 0 spiro atoms. The smallest absolute Gasteiger partial charge is 0.342 e. The predicted octanol–water partition coefficient (Wildman–Crippen LogP) is 15.0. The molecule has 0 aliphatic heterocycles. The number of esters is 2. The van der Waals surface area contributed by atoms with Crippen LogP contribution in [-0.4, -0.2) is 126 Å². The lowest BCUT2D eigenvalue weighted by Crippen LogP contribution is -2.13. The van der Waals surface area contributed by atoms with E-state index in [1.165, 1.54) is 5.56 Å². The van der Waals surface area contributed by atoms with Crippen LogP contribution in [0.1, 0.15) is 313 Å². The second kappa shape index (κ2) is 68.1. The second-order valence-corrected chi connectivity index (χ2v) is 24.7. The van der Waals surface area contributed by atoms with Gasteiger partial charge in [-0.3, -0.25) is 43.9 Å². The van der Waals surface area contributed by atoms with Crippen LogP contribution in [0.5, 0.6) is 0 Å². The molecule has 580 valence electrons. The number of hydrogen-bond donors (Lipinski definition) is 0. The maximum Gasteiger partial charge on any atom is 0.342 e. The lowest BCUT2D eigenvalue weighted by molar-refractivity contribution is -0.274. The summed E-state index contributed by atoms with van der Waals surface area (Å²) in [5, 5.41) is 0. The molecule has 0 aromatic heterocycles. The van der Waals surface area contributed by atoms with E-state index in [1.54, 1.807) is 12.1 Å². The highest BCUT2D eigenvalue weighted by atomic mass is 17.2. The standard InChI is InChI=1S/C73H120O28/c1-5-8-36-61(7-3)59-85-64(74)37-18-10-28-51-86-95-66(76)39-20-12-30-53-88-97-68(78)41-22-14-32-55-90-99-70(80)43-24-16-34-57-92-101-72(82)45-26-17-35-58-93-100-71(81)44-25-15-33-56-91-98-69(79)42-23-13-31-54-89-96-67(77)40-21-11-29-52-87-94-65(75)38-19-9-27-50-84-73(83)63-48-46-62(47-49-63)60(4)6-2/h46-49,60-61H,5-45,50-59H2,1-4H3. The Hall–Kier alpha value is -6.40. The summed E-state index contributed by atoms with van der Waals surface area (Å²) < 4.78 is 10.7. The van der Waals surface area contributed by atoms with Crippen molar-refractivity contribution in [3.8, 4) is 0 Å². The summed E-state index contributed by atoms with van der Waals surface area (Å²) in [6.07, 6.45) is 23.2. The van der Waals surface area contributed by atoms with Crippen LogP contribution in [0.3, 0.4) is 0 Å². The first kappa shape index (κ1) is 92.6. The zero-order valence-corrected chi connectivity index (χ0v) is 61.0. The molecule has 2 atom stereocenters. The Labute approximate surface area is 597 Å². The Balaban J connectivity index is 1.79. The van der Waals surface area contributed by atoms with E-state index in [0.29, 0.717) is 197 Å². The van der Waals surface area contributed by atoms with Crippen LogP contribution in [-0.2, 0) is 131 Å². The zero-order chi connectivity index (χ0) is 73.7. The van der Waals surface area contributed by atoms with Gasteiger partial charge in [-0.1, -0.05) is 110 Å². The maximum atomic E-state index is 12.3. The average molecular weight is 1450 g/mol. The molecular weight excluding hydrogens is 1320 g/mol. The van der Waals surface area contributed by atoms with Gasteiger partial charge >= 0.3 is 59.7 Å². The van der Waals surface area contributed by atoms with Crippen molar-refractivity contribution >= 4 is 59.7 Å². The molecule has 1 aromatic rings. The van der Waals surface area contributed by atoms with E-state index in [-0.39, 0.29) is 123 Å². The normalized spacial score (nSPS) is 11.6. The molecule has 28 nitrogen and oxygen atoms in total. The molecule has 0 saturated heterocycles. The number of benzene rings is 1. The van der Waals surface area contributed by atoms with Crippen molar-refractivity contribution in [3.05, 3.63) is 35.4 Å². The van der Waals surface area contributed by atoms with Crippen molar-refractivity contribution in [2.75, 3.05) is 66.1 Å². The molecule has 101 heavy (non-hydrogen) atoms. The van der Waals surface area contributed by atoms with E-state index in [2.05, 4.69) is 27.7 Å². The Kier molecular flexibility index (Phi) is 62.4. The van der Waals surface area contributed by atoms with Gasteiger partial charge in [-0.05, 0) is 164 Å². The van der Waals surface area contributed by atoms with Gasteiger partial charge in [0.05, 0.1) is 71.6 Å². The second-order valence-electron chi connectivity index (χ2n) is 24.7. The summed E-state index contributed by atoms with van der Waals surface area (Å²) in [5.41, 5.74) is 1.71. The van der Waals surface area contributed by atoms with Crippen molar-refractivity contribution in [3.63, 3.8) is 0 Å². The van der Waals surface area contributed by atoms with Crippen molar-refractivity contribution in [2.45, 2.75) is 297 Å². The molecule has 0 aliphatic rings. The van der Waals surface area contributed by atoms with Gasteiger partial charge in [0.1, 0.15) is 0 Å². The molecule has 1 rings (SSSR count). The number of hydrogen-bond acceptors (Lipinski definition) is 28. The quantitative estimate of drug-likeness (QED) is 0.0253. The fraction of sp³-hybridized carbons (Fsp3) is 0.781. The maximum absolute atomic E-state index is 12.3. The minimum atomic E-state index is -0.515. The monoisotopic (exact) mass is 1440 g/mol. The van der Waals surface area contributed by atoms with Gasteiger partial charge in [0.15, 0.2) is 0 Å². The first-order valence-electron chi connectivity index (χ1n) is 37.2. The van der Waals surface area contributed by atoms with Crippen molar-refractivity contribution in [1.82, 2.24) is 0 Å². The van der Waals surface area contributed by atoms with Gasteiger partial charge in [-0.25, -0.2) is 43.2 Å². The minimum absolute atomic E-state index is 0.137. The van der Waals surface area contributed by atoms with Crippen LogP contribution in [0, 0.1) is 5.92 Å². The van der Waals surface area contributed by atoms with Gasteiger partial charge in [0.2, 0.25) is 0 Å². The minimum Gasteiger partial charge on any atom is -0.465 e. The van der Waals surface area contributed by atoms with Crippen molar-refractivity contribution in [2.24, 2.45) is 5.92 Å². The van der Waals surface area contributed by atoms with Crippen molar-refractivity contribution < 1.29 is 136 Å². The Morgan fingerprint density at radius 1 is 0.277 bits per heavy atom. The van der Waals surface area contributed by atoms with E-state index in [9.17, 15) is 47.9 Å². The van der Waals surface area contributed by atoms with Crippen LogP contribution < -0.4 is 0 Å². The topological polar surface area (TPSA) is 337 Å². The van der Waals surface area contributed by atoms with E-state index in [1.807, 2.05) is 12.1 Å². The molecule has 28 heteroatoms. The molecule has 0 saturated carbocycles. The third kappa shape index (κ3) is 60.9. The van der Waals surface area contributed by atoms with Crippen LogP contribution in [0.2, 0.25) is 0 Å². The fourth-order valence-corrected chi connectivity index (χ4v) is 9.21. The molecule has 0 aliphatic carbocycles. The summed E-state index contributed by atoms with van der Waals surface area (Å²) in [7, 11) is 0. The molecule has 0 radical (unpaired) electrons. The van der Waals surface area contributed by atoms with Crippen LogP contribution in [0.15, 0.2) is 24.3 Å². The number of carbonyl (C=O) groups excluding carboxylic acids is 10. The Morgan fingerprint density at radius 2 is 0.525 bits per heavy atom. The van der Waals surface area contributed by atoms with Crippen molar-refractivity contribution in [1.29, 1.82) is 0 Å². The van der Waals surface area contributed by atoms with Gasteiger partial charge < -0.3 is 9.47 Å². The highest BCUT2D eigenvalue weighted by Crippen LogP contribution is 2.20. The van der Waals surface area contributed by atoms with Crippen LogP contribution in [0.4, 0.5) is 0 Å². The lowest BCUT2D eigenvalue weighted by atomic mass is 9.98. The number of rotatable bonds is 71. The largest absolute Gasteiger partial charge is 0.465 e. The summed E-state index contributed by atoms with van der Waals surface area (Å²) in [4.78, 5) is 198. The molecule has 0 N–H and O–H groups in total. The van der Waals surface area contributed by atoms with Crippen LogP contribution in [0.25, 0.3) is 0 Å². The number of unbranched alkanes of at least 4 members (excludes halogenated alkanes) is 19. The zero-order valence-electron chi connectivity index (χ0n) is 61.0. The summed E-state index contributed by atoms with van der Waals surface area (Å²) in [6.45, 7) is 10.8. The Morgan fingerprint density at radius 3 is 0.762 bits per heavy atom. The van der Waals surface area contributed by atoms with Gasteiger partial charge in [0.25, 0.3) is 0 Å². The third-order valence-corrected chi connectivity index (χ3v) is 15.7. The summed E-state index contributed by atoms with van der Waals surface area (Å²) >= 11 is 0. The average Bonchev–Trinajstić information content (AvgIpc) is 0.904. The SMILES string of the molecule is CCCCC(CC)COC(=O)CCCCCOOC(=O)CCCCCOOC(=O)CCCCCOOC(=O)CCCCCOOC(=O)CCCCCOOC(=O)CCCCCOOC(=O)CCCCCOOC(=O)CCCCCOOC(=O)CCCCCOC(=O)c1ccc(C(C)CC)cc1. The summed E-state index contributed by atoms with van der Waals surface area (Å²) in [6, 6.07) is 7.48. The van der Waals surface area contributed by atoms with E-state index in [4.69, 9.17) is 87.7 Å². The van der Waals surface area contributed by atoms with E-state index >= 15 is 0 Å². The predicted molar refractivity (Wildman–Crippen MR) is 362 cm³/mol. The van der Waals surface area contributed by atoms with Crippen LogP contribution >= 0.6 is 0 Å². The molecule has 2 unspecified atom stereocenters. The molecule has 0 heterocycles. The van der Waals surface area contributed by atoms with Gasteiger partial charge in [-0.15, -0.1) is 0 Å². The van der Waals surface area contributed by atoms with E-state index < -0.39 is 47.8 Å². The molecule has 1 aromatic carbocycles. The highest BCUT2D eigenvalue weighted by Gasteiger charge is 2.15. The van der Waals surface area contributed by atoms with E-state index in [0.717, 1.165) is 38.5 Å². The number of carbonyl (C=O) groups is 10. The highest BCUT2D eigenvalue weighted by molar-refractivity contribution is 5.89. The first-order valence-corrected chi connectivity index (χ1v) is 37.2. The third-order valence-electron chi connectivity index (χ3n) is 15.7.